The van der Waals surface area contributed by atoms with Crippen LogP contribution in [0.15, 0.2) is 0 Å². The van der Waals surface area contributed by atoms with E-state index in [2.05, 4.69) is 6.92 Å². The summed E-state index contributed by atoms with van der Waals surface area (Å²) in [6.07, 6.45) is 6.11. The van der Waals surface area contributed by atoms with Crippen molar-refractivity contribution in [1.82, 2.24) is 0 Å². The predicted octanol–water partition coefficient (Wildman–Crippen LogP) is 2.94. The van der Waals surface area contributed by atoms with Gasteiger partial charge < -0.3 is 9.47 Å². The van der Waals surface area contributed by atoms with Gasteiger partial charge in [-0.15, -0.1) is 0 Å². The van der Waals surface area contributed by atoms with Crippen LogP contribution in [0.4, 0.5) is 0 Å². The van der Waals surface area contributed by atoms with E-state index >= 15 is 0 Å². The topological polar surface area (TPSA) is 52.6 Å². The van der Waals surface area contributed by atoms with Crippen LogP contribution in [0.1, 0.15) is 65.2 Å². The highest BCUT2D eigenvalue weighted by Gasteiger charge is 2.41. The lowest BCUT2D eigenvalue weighted by molar-refractivity contribution is -0.249. The molecule has 0 spiro atoms. The quantitative estimate of drug-likeness (QED) is 0.391. The molecule has 4 heteroatoms. The summed E-state index contributed by atoms with van der Waals surface area (Å²) >= 11 is 0. The van der Waals surface area contributed by atoms with Crippen LogP contribution in [-0.2, 0) is 19.1 Å². The second kappa shape index (κ2) is 6.62. The minimum absolute atomic E-state index is 0.250. The Hall–Kier alpha value is -1.06. The van der Waals surface area contributed by atoms with Crippen LogP contribution in [0, 0.1) is 0 Å². The lowest BCUT2D eigenvalue weighted by Crippen LogP contribution is -2.45. The van der Waals surface area contributed by atoms with E-state index in [4.69, 9.17) is 9.47 Å². The number of hydrogen-bond donors (Lipinski definition) is 0. The third-order valence-electron chi connectivity index (χ3n) is 2.93. The third-order valence-corrected chi connectivity index (χ3v) is 2.93. The molecule has 0 unspecified atom stereocenters. The van der Waals surface area contributed by atoms with Crippen LogP contribution in [0.5, 0.6) is 0 Å². The number of rotatable bonds is 7. The molecule has 0 aromatic rings. The van der Waals surface area contributed by atoms with Crippen LogP contribution >= 0.6 is 0 Å². The van der Waals surface area contributed by atoms with Crippen LogP contribution in [0.3, 0.4) is 0 Å². The number of carbonyl (C=O) groups excluding carboxylic acids is 2. The van der Waals surface area contributed by atoms with Gasteiger partial charge in [0.1, 0.15) is 6.42 Å². The highest BCUT2D eigenvalue weighted by molar-refractivity contribution is 5.93. The summed E-state index contributed by atoms with van der Waals surface area (Å²) in [4.78, 5) is 22.7. The molecule has 1 saturated heterocycles. The smallest absolute Gasteiger partial charge is 0.320 e. The first-order valence-electron chi connectivity index (χ1n) is 6.55. The predicted molar refractivity (Wildman–Crippen MR) is 63.2 cm³/mol. The van der Waals surface area contributed by atoms with E-state index < -0.39 is 17.7 Å². The Morgan fingerprint density at radius 3 is 2.12 bits per heavy atom. The zero-order valence-electron chi connectivity index (χ0n) is 10.8. The Kier molecular flexibility index (Phi) is 5.45. The summed E-state index contributed by atoms with van der Waals surface area (Å²) in [7, 11) is 0. The molecule has 1 aliphatic rings. The average Bonchev–Trinajstić information content (AvgIpc) is 2.23. The molecule has 0 saturated carbocycles. The van der Waals surface area contributed by atoms with Gasteiger partial charge in [-0.1, -0.05) is 33.1 Å². The molecule has 0 aliphatic carbocycles. The molecule has 0 amide bonds. The molecular formula is C13H22O4. The molecule has 0 bridgehead atoms. The maximum absolute atomic E-state index is 11.3. The van der Waals surface area contributed by atoms with E-state index in [0.29, 0.717) is 12.8 Å². The molecule has 98 valence electrons. The minimum Gasteiger partial charge on any atom is -0.422 e. The Balaban J connectivity index is 2.54. The minimum atomic E-state index is -0.977. The van der Waals surface area contributed by atoms with Gasteiger partial charge in [-0.25, -0.2) is 0 Å². The monoisotopic (exact) mass is 242 g/mol. The highest BCUT2D eigenvalue weighted by Crippen LogP contribution is 2.31. The number of hydrogen-bond acceptors (Lipinski definition) is 4. The standard InChI is InChI=1S/C13H22O4/c1-3-5-6-7-9-13(8-4-2)16-11(14)10-12(15)17-13/h3-10H2,1-2H3. The van der Waals surface area contributed by atoms with Crippen molar-refractivity contribution >= 4 is 11.9 Å². The summed E-state index contributed by atoms with van der Waals surface area (Å²) in [6.45, 7) is 4.13. The fraction of sp³-hybridized carbons (Fsp3) is 0.846. The highest BCUT2D eigenvalue weighted by atomic mass is 16.7. The van der Waals surface area contributed by atoms with Crippen LogP contribution in [0.25, 0.3) is 0 Å². The fourth-order valence-corrected chi connectivity index (χ4v) is 2.16. The second-order valence-electron chi connectivity index (χ2n) is 4.60. The summed E-state index contributed by atoms with van der Waals surface area (Å²) in [6, 6.07) is 0. The van der Waals surface area contributed by atoms with E-state index in [9.17, 15) is 9.59 Å². The van der Waals surface area contributed by atoms with Gasteiger partial charge >= 0.3 is 11.9 Å². The largest absolute Gasteiger partial charge is 0.422 e. The number of ether oxygens (including phenoxy) is 2. The number of esters is 2. The van der Waals surface area contributed by atoms with Gasteiger partial charge in [-0.2, -0.15) is 0 Å². The van der Waals surface area contributed by atoms with Gasteiger partial charge in [0.05, 0.1) is 0 Å². The van der Waals surface area contributed by atoms with Crippen LogP contribution < -0.4 is 0 Å². The number of carbonyl (C=O) groups is 2. The SMILES string of the molecule is CCCCCCC1(CCC)OC(=O)CC(=O)O1. The van der Waals surface area contributed by atoms with Crippen LogP contribution in [-0.4, -0.2) is 17.7 Å². The van der Waals surface area contributed by atoms with Crippen molar-refractivity contribution in [2.24, 2.45) is 0 Å². The molecule has 0 aromatic heterocycles. The summed E-state index contributed by atoms with van der Waals surface area (Å²) in [5.74, 6) is -1.88. The zero-order chi connectivity index (χ0) is 12.7. The normalized spacial score (nSPS) is 18.7. The van der Waals surface area contributed by atoms with Crippen molar-refractivity contribution in [2.75, 3.05) is 0 Å². The van der Waals surface area contributed by atoms with Gasteiger partial charge in [0.25, 0.3) is 5.79 Å². The summed E-state index contributed by atoms with van der Waals surface area (Å²) in [5, 5.41) is 0. The van der Waals surface area contributed by atoms with Gasteiger partial charge in [0.15, 0.2) is 0 Å². The van der Waals surface area contributed by atoms with E-state index in [-0.39, 0.29) is 6.42 Å². The molecule has 4 nitrogen and oxygen atoms in total. The molecule has 0 radical (unpaired) electrons. The lowest BCUT2D eigenvalue weighted by Gasteiger charge is -2.35. The first-order chi connectivity index (χ1) is 8.12. The van der Waals surface area contributed by atoms with Gasteiger partial charge in [0, 0.05) is 12.8 Å². The van der Waals surface area contributed by atoms with Crippen molar-refractivity contribution in [2.45, 2.75) is 71.0 Å². The van der Waals surface area contributed by atoms with Crippen molar-refractivity contribution in [3.63, 3.8) is 0 Å². The zero-order valence-corrected chi connectivity index (χ0v) is 10.8. The van der Waals surface area contributed by atoms with Crippen molar-refractivity contribution < 1.29 is 19.1 Å². The van der Waals surface area contributed by atoms with E-state index in [1.165, 1.54) is 0 Å². The summed E-state index contributed by atoms with van der Waals surface area (Å²) in [5.41, 5.74) is 0. The third kappa shape index (κ3) is 4.36. The van der Waals surface area contributed by atoms with Crippen molar-refractivity contribution in [1.29, 1.82) is 0 Å². The van der Waals surface area contributed by atoms with Crippen molar-refractivity contribution in [3.05, 3.63) is 0 Å². The van der Waals surface area contributed by atoms with E-state index in [1.807, 2.05) is 6.92 Å². The van der Waals surface area contributed by atoms with Gasteiger partial charge in [0.2, 0.25) is 0 Å². The average molecular weight is 242 g/mol. The molecule has 17 heavy (non-hydrogen) atoms. The Morgan fingerprint density at radius 1 is 0.941 bits per heavy atom. The Labute approximate surface area is 103 Å². The molecule has 1 heterocycles. The van der Waals surface area contributed by atoms with Gasteiger partial charge in [-0.3, -0.25) is 9.59 Å². The first kappa shape index (κ1) is 14.0. The second-order valence-corrected chi connectivity index (χ2v) is 4.60. The van der Waals surface area contributed by atoms with E-state index in [1.54, 1.807) is 0 Å². The molecule has 1 aliphatic heterocycles. The Morgan fingerprint density at radius 2 is 1.59 bits per heavy atom. The van der Waals surface area contributed by atoms with Gasteiger partial charge in [-0.05, 0) is 12.8 Å². The molecule has 0 aromatic carbocycles. The maximum atomic E-state index is 11.3. The molecule has 0 atom stereocenters. The lowest BCUT2D eigenvalue weighted by atomic mass is 10.0. The van der Waals surface area contributed by atoms with Crippen LogP contribution in [0.2, 0.25) is 0 Å². The van der Waals surface area contributed by atoms with Crippen molar-refractivity contribution in [3.8, 4) is 0 Å². The number of unbranched alkanes of at least 4 members (excludes halogenated alkanes) is 3. The van der Waals surface area contributed by atoms with E-state index in [0.717, 1.165) is 32.1 Å². The first-order valence-corrected chi connectivity index (χ1v) is 6.55. The molecule has 1 rings (SSSR count). The maximum Gasteiger partial charge on any atom is 0.320 e. The number of cyclic esters (lactones) is 2. The molecular weight excluding hydrogens is 220 g/mol. The fourth-order valence-electron chi connectivity index (χ4n) is 2.16. The molecule has 1 fully saturated rings. The molecule has 0 N–H and O–H groups in total. The summed E-state index contributed by atoms with van der Waals surface area (Å²) < 4.78 is 10.6. The Bertz CT molecular complexity index is 257.